The van der Waals surface area contributed by atoms with Gasteiger partial charge in [-0.15, -0.1) is 6.58 Å². The zero-order valence-corrected chi connectivity index (χ0v) is 8.72. The van der Waals surface area contributed by atoms with Crippen molar-refractivity contribution in [3.05, 3.63) is 42.0 Å². The van der Waals surface area contributed by atoms with Gasteiger partial charge in [-0.1, -0.05) is 23.8 Å². The Labute approximate surface area is 85.8 Å². The largest absolute Gasteiger partial charge is 0.398 e. The topological polar surface area (TPSA) is 38.0 Å². The van der Waals surface area contributed by atoms with Gasteiger partial charge in [0.25, 0.3) is 0 Å². The molecule has 0 bridgehead atoms. The van der Waals surface area contributed by atoms with Gasteiger partial charge in [-0.3, -0.25) is 0 Å². The van der Waals surface area contributed by atoms with Crippen LogP contribution in [-0.4, -0.2) is 6.54 Å². The van der Waals surface area contributed by atoms with E-state index in [0.717, 1.165) is 30.8 Å². The summed E-state index contributed by atoms with van der Waals surface area (Å²) >= 11 is 0. The van der Waals surface area contributed by atoms with Gasteiger partial charge in [-0.2, -0.15) is 0 Å². The average Bonchev–Trinajstić information content (AvgIpc) is 2.15. The Morgan fingerprint density at radius 2 is 2.14 bits per heavy atom. The Morgan fingerprint density at radius 1 is 1.43 bits per heavy atom. The molecular weight excluding hydrogens is 172 g/mol. The van der Waals surface area contributed by atoms with Crippen LogP contribution in [0.15, 0.2) is 36.4 Å². The van der Waals surface area contributed by atoms with Gasteiger partial charge < -0.3 is 11.1 Å². The molecule has 0 radical (unpaired) electrons. The highest BCUT2D eigenvalue weighted by molar-refractivity contribution is 5.46. The molecule has 0 saturated carbocycles. The SMILES string of the molecule is C=C(C)CCNCc1ccccc1N. The van der Waals surface area contributed by atoms with E-state index in [4.69, 9.17) is 5.73 Å². The van der Waals surface area contributed by atoms with Gasteiger partial charge in [0.05, 0.1) is 0 Å². The van der Waals surface area contributed by atoms with Gasteiger partial charge in [-0.25, -0.2) is 0 Å². The number of anilines is 1. The van der Waals surface area contributed by atoms with Crippen molar-refractivity contribution in [3.8, 4) is 0 Å². The Hall–Kier alpha value is -1.28. The first-order valence-electron chi connectivity index (χ1n) is 4.88. The number of hydrogen-bond donors (Lipinski definition) is 2. The molecule has 0 heterocycles. The van der Waals surface area contributed by atoms with Crippen LogP contribution in [0.3, 0.4) is 0 Å². The number of rotatable bonds is 5. The lowest BCUT2D eigenvalue weighted by Crippen LogP contribution is -2.15. The van der Waals surface area contributed by atoms with Crippen LogP contribution >= 0.6 is 0 Å². The number of para-hydroxylation sites is 1. The standard InChI is InChI=1S/C12H18N2/c1-10(2)7-8-14-9-11-5-3-4-6-12(11)13/h3-6,14H,1,7-9,13H2,2H3. The van der Waals surface area contributed by atoms with E-state index in [1.165, 1.54) is 5.57 Å². The lowest BCUT2D eigenvalue weighted by molar-refractivity contribution is 0.686. The van der Waals surface area contributed by atoms with Gasteiger partial charge in [0.15, 0.2) is 0 Å². The lowest BCUT2D eigenvalue weighted by atomic mass is 10.2. The molecule has 0 amide bonds. The molecule has 0 spiro atoms. The molecule has 14 heavy (non-hydrogen) atoms. The van der Waals surface area contributed by atoms with Crippen molar-refractivity contribution in [1.82, 2.24) is 5.32 Å². The molecule has 2 nitrogen and oxygen atoms in total. The summed E-state index contributed by atoms with van der Waals surface area (Å²) in [7, 11) is 0. The van der Waals surface area contributed by atoms with Crippen molar-refractivity contribution in [2.75, 3.05) is 12.3 Å². The smallest absolute Gasteiger partial charge is 0.0359 e. The summed E-state index contributed by atoms with van der Waals surface area (Å²) in [5.41, 5.74) is 9.03. The molecule has 1 aromatic rings. The first kappa shape index (κ1) is 10.8. The van der Waals surface area contributed by atoms with E-state index < -0.39 is 0 Å². The normalized spacial score (nSPS) is 10.1. The van der Waals surface area contributed by atoms with Crippen LogP contribution in [0.25, 0.3) is 0 Å². The van der Waals surface area contributed by atoms with Crippen LogP contribution in [0.1, 0.15) is 18.9 Å². The Morgan fingerprint density at radius 3 is 2.79 bits per heavy atom. The van der Waals surface area contributed by atoms with Gasteiger partial charge >= 0.3 is 0 Å². The molecule has 2 heteroatoms. The first-order chi connectivity index (χ1) is 6.70. The van der Waals surface area contributed by atoms with Crippen molar-refractivity contribution in [2.45, 2.75) is 19.9 Å². The monoisotopic (exact) mass is 190 g/mol. The van der Waals surface area contributed by atoms with Crippen molar-refractivity contribution >= 4 is 5.69 Å². The van der Waals surface area contributed by atoms with Crippen molar-refractivity contribution in [3.63, 3.8) is 0 Å². The Balaban J connectivity index is 2.31. The fourth-order valence-corrected chi connectivity index (χ4v) is 1.22. The highest BCUT2D eigenvalue weighted by Gasteiger charge is 1.96. The van der Waals surface area contributed by atoms with E-state index in [1.54, 1.807) is 0 Å². The quantitative estimate of drug-likeness (QED) is 0.425. The highest BCUT2D eigenvalue weighted by Crippen LogP contribution is 2.09. The summed E-state index contributed by atoms with van der Waals surface area (Å²) in [6.45, 7) is 7.69. The lowest BCUT2D eigenvalue weighted by Gasteiger charge is -2.06. The molecule has 0 unspecified atom stereocenters. The molecule has 76 valence electrons. The number of hydrogen-bond acceptors (Lipinski definition) is 2. The van der Waals surface area contributed by atoms with E-state index in [-0.39, 0.29) is 0 Å². The maximum atomic E-state index is 5.81. The minimum atomic E-state index is 0.833. The zero-order chi connectivity index (χ0) is 10.4. The second-order valence-corrected chi connectivity index (χ2v) is 3.58. The summed E-state index contributed by atoms with van der Waals surface area (Å²) in [5.74, 6) is 0. The number of nitrogens with one attached hydrogen (secondary N) is 1. The third kappa shape index (κ3) is 3.62. The average molecular weight is 190 g/mol. The molecule has 0 aliphatic rings. The predicted molar refractivity (Wildman–Crippen MR) is 62.0 cm³/mol. The van der Waals surface area contributed by atoms with E-state index >= 15 is 0 Å². The summed E-state index contributed by atoms with van der Waals surface area (Å²) in [6, 6.07) is 7.93. The summed E-state index contributed by atoms with van der Waals surface area (Å²) < 4.78 is 0. The van der Waals surface area contributed by atoms with E-state index in [0.29, 0.717) is 0 Å². The van der Waals surface area contributed by atoms with Crippen LogP contribution in [0, 0.1) is 0 Å². The minimum Gasteiger partial charge on any atom is -0.398 e. The van der Waals surface area contributed by atoms with Gasteiger partial charge in [0.2, 0.25) is 0 Å². The van der Waals surface area contributed by atoms with Crippen LogP contribution in [-0.2, 0) is 6.54 Å². The second-order valence-electron chi connectivity index (χ2n) is 3.58. The molecule has 1 aromatic carbocycles. The van der Waals surface area contributed by atoms with Crippen LogP contribution in [0.5, 0.6) is 0 Å². The third-order valence-corrected chi connectivity index (χ3v) is 2.10. The number of benzene rings is 1. The third-order valence-electron chi connectivity index (χ3n) is 2.10. The van der Waals surface area contributed by atoms with Gasteiger partial charge in [0, 0.05) is 12.2 Å². The maximum absolute atomic E-state index is 5.81. The van der Waals surface area contributed by atoms with E-state index in [9.17, 15) is 0 Å². The molecule has 0 fully saturated rings. The first-order valence-corrected chi connectivity index (χ1v) is 4.88. The Bertz CT molecular complexity index is 305. The van der Waals surface area contributed by atoms with E-state index in [1.807, 2.05) is 31.2 Å². The summed E-state index contributed by atoms with van der Waals surface area (Å²) in [4.78, 5) is 0. The molecule has 1 rings (SSSR count). The predicted octanol–water partition coefficient (Wildman–Crippen LogP) is 2.32. The van der Waals surface area contributed by atoms with Crippen LogP contribution < -0.4 is 11.1 Å². The molecule has 0 atom stereocenters. The fraction of sp³-hybridized carbons (Fsp3) is 0.333. The molecule has 0 aliphatic heterocycles. The summed E-state index contributed by atoms with van der Waals surface area (Å²) in [6.07, 6.45) is 1.02. The molecule has 0 saturated heterocycles. The summed E-state index contributed by atoms with van der Waals surface area (Å²) in [5, 5.41) is 3.33. The molecule has 3 N–H and O–H groups in total. The maximum Gasteiger partial charge on any atom is 0.0359 e. The van der Waals surface area contributed by atoms with Crippen molar-refractivity contribution < 1.29 is 0 Å². The minimum absolute atomic E-state index is 0.833. The van der Waals surface area contributed by atoms with Gasteiger partial charge in [0.1, 0.15) is 0 Å². The molecule has 0 aromatic heterocycles. The number of nitrogen functional groups attached to an aromatic ring is 1. The molecule has 0 aliphatic carbocycles. The second kappa shape index (κ2) is 5.45. The highest BCUT2D eigenvalue weighted by atomic mass is 14.8. The molecular formula is C12H18N2. The number of nitrogens with two attached hydrogens (primary N) is 1. The zero-order valence-electron chi connectivity index (χ0n) is 8.72. The van der Waals surface area contributed by atoms with Crippen molar-refractivity contribution in [2.24, 2.45) is 0 Å². The van der Waals surface area contributed by atoms with Crippen LogP contribution in [0.2, 0.25) is 0 Å². The van der Waals surface area contributed by atoms with Gasteiger partial charge in [-0.05, 0) is 31.5 Å². The van der Waals surface area contributed by atoms with Crippen molar-refractivity contribution in [1.29, 1.82) is 0 Å². The van der Waals surface area contributed by atoms with E-state index in [2.05, 4.69) is 11.9 Å². The van der Waals surface area contributed by atoms with Crippen LogP contribution in [0.4, 0.5) is 5.69 Å². The fourth-order valence-electron chi connectivity index (χ4n) is 1.22. The Kier molecular flexibility index (Phi) is 4.20.